The Bertz CT molecular complexity index is 299. The first-order valence-corrected chi connectivity index (χ1v) is 6.92. The van der Waals surface area contributed by atoms with Crippen LogP contribution in [0.5, 0.6) is 0 Å². The lowest BCUT2D eigenvalue weighted by Crippen LogP contribution is -2.45. The first-order valence-electron chi connectivity index (χ1n) is 6.92. The Kier molecular flexibility index (Phi) is 3.85. The van der Waals surface area contributed by atoms with Crippen molar-refractivity contribution in [3.8, 4) is 0 Å². The molecule has 0 N–H and O–H groups in total. The van der Waals surface area contributed by atoms with E-state index in [9.17, 15) is 9.59 Å². The molecular weight excluding hydrogens is 214 g/mol. The summed E-state index contributed by atoms with van der Waals surface area (Å²) in [5.41, 5.74) is 0. The first-order chi connectivity index (χ1) is 8.09. The quantitative estimate of drug-likeness (QED) is 0.755. The van der Waals surface area contributed by atoms with Crippen molar-refractivity contribution in [2.75, 3.05) is 13.1 Å². The van der Waals surface area contributed by atoms with Gasteiger partial charge in [0.25, 0.3) is 0 Å². The summed E-state index contributed by atoms with van der Waals surface area (Å²) < 4.78 is 0. The number of piperidine rings is 1. The largest absolute Gasteiger partial charge is 0.342 e. The zero-order valence-corrected chi connectivity index (χ0v) is 10.9. The van der Waals surface area contributed by atoms with Gasteiger partial charge in [0.1, 0.15) is 5.78 Å². The van der Waals surface area contributed by atoms with Crippen LogP contribution >= 0.6 is 0 Å². The zero-order valence-electron chi connectivity index (χ0n) is 10.9. The standard InChI is InChI=1S/C14H23NO2/c1-10(2)13(16)11-6-8-15(9-7-11)14(17)12-4-3-5-12/h10-12H,3-9H2,1-2H3. The van der Waals surface area contributed by atoms with E-state index in [-0.39, 0.29) is 11.8 Å². The summed E-state index contributed by atoms with van der Waals surface area (Å²) in [6.07, 6.45) is 5.09. The zero-order chi connectivity index (χ0) is 12.4. The van der Waals surface area contributed by atoms with Gasteiger partial charge < -0.3 is 4.90 Å². The summed E-state index contributed by atoms with van der Waals surface area (Å²) in [5.74, 6) is 1.34. The smallest absolute Gasteiger partial charge is 0.225 e. The summed E-state index contributed by atoms with van der Waals surface area (Å²) in [6.45, 7) is 5.51. The molecule has 1 saturated carbocycles. The van der Waals surface area contributed by atoms with E-state index in [1.54, 1.807) is 0 Å². The van der Waals surface area contributed by atoms with Gasteiger partial charge in [-0.2, -0.15) is 0 Å². The minimum atomic E-state index is 0.133. The molecule has 0 aromatic heterocycles. The second-order valence-corrected chi connectivity index (χ2v) is 5.78. The molecule has 1 aliphatic carbocycles. The van der Waals surface area contributed by atoms with Crippen molar-refractivity contribution in [1.82, 2.24) is 4.90 Å². The highest BCUT2D eigenvalue weighted by molar-refractivity contribution is 5.84. The maximum Gasteiger partial charge on any atom is 0.225 e. The summed E-state index contributed by atoms with van der Waals surface area (Å²) in [6, 6.07) is 0. The normalized spacial score (nSPS) is 22.6. The molecule has 0 atom stereocenters. The van der Waals surface area contributed by atoms with Crippen molar-refractivity contribution < 1.29 is 9.59 Å². The molecule has 1 heterocycles. The fourth-order valence-corrected chi connectivity index (χ4v) is 2.77. The van der Waals surface area contributed by atoms with E-state index < -0.39 is 0 Å². The van der Waals surface area contributed by atoms with Crippen LogP contribution in [0.4, 0.5) is 0 Å². The van der Waals surface area contributed by atoms with Crippen LogP contribution in [-0.2, 0) is 9.59 Å². The Morgan fingerprint density at radius 2 is 1.59 bits per heavy atom. The Hall–Kier alpha value is -0.860. The van der Waals surface area contributed by atoms with Gasteiger partial charge in [0.15, 0.2) is 0 Å². The van der Waals surface area contributed by atoms with Gasteiger partial charge in [0.2, 0.25) is 5.91 Å². The molecule has 0 unspecified atom stereocenters. The van der Waals surface area contributed by atoms with Gasteiger partial charge in [-0.25, -0.2) is 0 Å². The van der Waals surface area contributed by atoms with Gasteiger partial charge in [-0.1, -0.05) is 20.3 Å². The van der Waals surface area contributed by atoms with Gasteiger partial charge in [-0.3, -0.25) is 9.59 Å². The molecule has 2 rings (SSSR count). The minimum absolute atomic E-state index is 0.133. The molecule has 96 valence electrons. The van der Waals surface area contributed by atoms with Crippen molar-refractivity contribution in [2.24, 2.45) is 17.8 Å². The van der Waals surface area contributed by atoms with Crippen molar-refractivity contribution in [1.29, 1.82) is 0 Å². The van der Waals surface area contributed by atoms with E-state index in [1.807, 2.05) is 18.7 Å². The number of hydrogen-bond donors (Lipinski definition) is 0. The summed E-state index contributed by atoms with van der Waals surface area (Å²) in [7, 11) is 0. The van der Waals surface area contributed by atoms with Crippen LogP contribution in [0.1, 0.15) is 46.0 Å². The highest BCUT2D eigenvalue weighted by Crippen LogP contribution is 2.30. The predicted molar refractivity (Wildman–Crippen MR) is 66.5 cm³/mol. The maximum atomic E-state index is 12.0. The van der Waals surface area contributed by atoms with Crippen molar-refractivity contribution >= 4 is 11.7 Å². The molecule has 1 aliphatic heterocycles. The monoisotopic (exact) mass is 237 g/mol. The highest BCUT2D eigenvalue weighted by Gasteiger charge is 2.33. The third-order valence-electron chi connectivity index (χ3n) is 4.23. The van der Waals surface area contributed by atoms with Crippen LogP contribution < -0.4 is 0 Å². The molecule has 0 spiro atoms. The molecule has 2 aliphatic rings. The topological polar surface area (TPSA) is 37.4 Å². The summed E-state index contributed by atoms with van der Waals surface area (Å²) in [4.78, 5) is 25.9. The van der Waals surface area contributed by atoms with Crippen molar-refractivity contribution in [3.63, 3.8) is 0 Å². The van der Waals surface area contributed by atoms with Crippen molar-refractivity contribution in [2.45, 2.75) is 46.0 Å². The molecule has 1 amide bonds. The lowest BCUT2D eigenvalue weighted by Gasteiger charge is -2.36. The average molecular weight is 237 g/mol. The summed E-state index contributed by atoms with van der Waals surface area (Å²) >= 11 is 0. The number of rotatable bonds is 3. The molecular formula is C14H23NO2. The minimum Gasteiger partial charge on any atom is -0.342 e. The summed E-state index contributed by atoms with van der Waals surface area (Å²) in [5, 5.41) is 0. The van der Waals surface area contributed by atoms with Gasteiger partial charge in [-0.15, -0.1) is 0 Å². The van der Waals surface area contributed by atoms with Crippen LogP contribution in [0.3, 0.4) is 0 Å². The second kappa shape index (κ2) is 5.19. The average Bonchev–Trinajstić information content (AvgIpc) is 2.25. The van der Waals surface area contributed by atoms with E-state index in [1.165, 1.54) is 6.42 Å². The number of nitrogens with zero attached hydrogens (tertiary/aromatic N) is 1. The lowest BCUT2D eigenvalue weighted by molar-refractivity contribution is -0.141. The number of ketones is 1. The Morgan fingerprint density at radius 3 is 2.00 bits per heavy atom. The number of hydrogen-bond acceptors (Lipinski definition) is 2. The Balaban J connectivity index is 1.81. The molecule has 0 bridgehead atoms. The fraction of sp³-hybridized carbons (Fsp3) is 0.857. The molecule has 3 nitrogen and oxygen atoms in total. The van der Waals surface area contributed by atoms with Crippen LogP contribution in [0.25, 0.3) is 0 Å². The third-order valence-corrected chi connectivity index (χ3v) is 4.23. The molecule has 0 aromatic carbocycles. The number of Topliss-reactive ketones (excluding diaryl/α,β-unsaturated/α-hetero) is 1. The molecule has 0 aromatic rings. The van der Waals surface area contributed by atoms with E-state index in [4.69, 9.17) is 0 Å². The number of amides is 1. The number of carbonyl (C=O) groups excluding carboxylic acids is 2. The van der Waals surface area contributed by atoms with Crippen LogP contribution in [0, 0.1) is 17.8 Å². The molecule has 0 radical (unpaired) electrons. The molecule has 1 saturated heterocycles. The molecule has 3 heteroatoms. The Labute approximate surface area is 104 Å². The third kappa shape index (κ3) is 2.70. The highest BCUT2D eigenvalue weighted by atomic mass is 16.2. The first kappa shape index (κ1) is 12.6. The van der Waals surface area contributed by atoms with E-state index in [0.717, 1.165) is 38.8 Å². The molecule has 17 heavy (non-hydrogen) atoms. The predicted octanol–water partition coefficient (Wildman–Crippen LogP) is 2.25. The number of carbonyl (C=O) groups is 2. The van der Waals surface area contributed by atoms with E-state index >= 15 is 0 Å². The number of likely N-dealkylation sites (tertiary alicyclic amines) is 1. The van der Waals surface area contributed by atoms with Crippen molar-refractivity contribution in [3.05, 3.63) is 0 Å². The fourth-order valence-electron chi connectivity index (χ4n) is 2.77. The lowest BCUT2D eigenvalue weighted by atomic mass is 9.82. The van der Waals surface area contributed by atoms with Gasteiger partial charge >= 0.3 is 0 Å². The van der Waals surface area contributed by atoms with Crippen LogP contribution in [-0.4, -0.2) is 29.7 Å². The molecule has 2 fully saturated rings. The second-order valence-electron chi connectivity index (χ2n) is 5.78. The van der Waals surface area contributed by atoms with Gasteiger partial charge in [0.05, 0.1) is 0 Å². The van der Waals surface area contributed by atoms with Gasteiger partial charge in [-0.05, 0) is 25.7 Å². The van der Waals surface area contributed by atoms with E-state index in [2.05, 4.69) is 0 Å². The Morgan fingerprint density at radius 1 is 1.00 bits per heavy atom. The van der Waals surface area contributed by atoms with E-state index in [0.29, 0.717) is 17.6 Å². The van der Waals surface area contributed by atoms with Crippen LogP contribution in [0.2, 0.25) is 0 Å². The maximum absolute atomic E-state index is 12.0. The van der Waals surface area contributed by atoms with Crippen LogP contribution in [0.15, 0.2) is 0 Å². The SMILES string of the molecule is CC(C)C(=O)C1CCN(C(=O)C2CCC2)CC1. The van der Waals surface area contributed by atoms with Gasteiger partial charge in [0, 0.05) is 30.8 Å².